The number of carboxylic acids is 1. The highest BCUT2D eigenvalue weighted by Gasteiger charge is 2.36. The van der Waals surface area contributed by atoms with Crippen LogP contribution < -0.4 is 9.47 Å². The number of ether oxygens (including phenoxy) is 2. The molecule has 1 aromatic carbocycles. The number of fused-ring (bicyclic) bond motifs is 1. The average molecular weight is 283 g/mol. The molecule has 0 spiro atoms. The van der Waals surface area contributed by atoms with Gasteiger partial charge in [0.2, 0.25) is 0 Å². The van der Waals surface area contributed by atoms with Gasteiger partial charge in [0.1, 0.15) is 13.2 Å². The standard InChI is InChI=1S/C14H15ClO4/c15-13-9(10(7-12(16)17)8-1-2-8)3-4-11-14(13)19-6-5-18-11/h3-4,8,10H,1-2,5-7H2,(H,16,17). The van der Waals surface area contributed by atoms with Gasteiger partial charge in [0.15, 0.2) is 11.5 Å². The molecular formula is C14H15ClO4. The molecule has 0 amide bonds. The van der Waals surface area contributed by atoms with Crippen LogP contribution in [0.2, 0.25) is 5.02 Å². The maximum absolute atomic E-state index is 11.0. The van der Waals surface area contributed by atoms with E-state index in [-0.39, 0.29) is 12.3 Å². The number of aliphatic carboxylic acids is 1. The maximum atomic E-state index is 11.0. The van der Waals surface area contributed by atoms with Crippen molar-refractivity contribution in [2.45, 2.75) is 25.2 Å². The first-order chi connectivity index (χ1) is 9.16. The predicted molar refractivity (Wildman–Crippen MR) is 70.2 cm³/mol. The van der Waals surface area contributed by atoms with Gasteiger partial charge in [-0.15, -0.1) is 0 Å². The monoisotopic (exact) mass is 282 g/mol. The Hall–Kier alpha value is -1.42. The van der Waals surface area contributed by atoms with Gasteiger partial charge in [-0.05, 0) is 36.3 Å². The first-order valence-electron chi connectivity index (χ1n) is 6.46. The normalized spacial score (nSPS) is 19.0. The van der Waals surface area contributed by atoms with E-state index in [2.05, 4.69) is 0 Å². The second-order valence-electron chi connectivity index (χ2n) is 5.03. The molecule has 1 N–H and O–H groups in total. The van der Waals surface area contributed by atoms with Crippen molar-refractivity contribution in [2.24, 2.45) is 5.92 Å². The molecule has 19 heavy (non-hydrogen) atoms. The second kappa shape index (κ2) is 4.93. The Labute approximate surface area is 116 Å². The third kappa shape index (κ3) is 2.50. The smallest absolute Gasteiger partial charge is 0.303 e. The van der Waals surface area contributed by atoms with E-state index >= 15 is 0 Å². The lowest BCUT2D eigenvalue weighted by molar-refractivity contribution is -0.137. The Morgan fingerprint density at radius 3 is 2.79 bits per heavy atom. The van der Waals surface area contributed by atoms with Gasteiger partial charge in [-0.25, -0.2) is 0 Å². The molecule has 1 aliphatic heterocycles. The maximum Gasteiger partial charge on any atom is 0.303 e. The van der Waals surface area contributed by atoms with Crippen LogP contribution in [0.25, 0.3) is 0 Å². The summed E-state index contributed by atoms with van der Waals surface area (Å²) in [5.74, 6) is 0.811. The third-order valence-corrected chi connectivity index (χ3v) is 4.05. The summed E-state index contributed by atoms with van der Waals surface area (Å²) in [5.41, 5.74) is 0.871. The molecule has 1 heterocycles. The lowest BCUT2D eigenvalue weighted by atomic mass is 9.90. The van der Waals surface area contributed by atoms with Crippen molar-refractivity contribution in [3.63, 3.8) is 0 Å². The Balaban J connectivity index is 1.96. The van der Waals surface area contributed by atoms with Gasteiger partial charge in [-0.1, -0.05) is 17.7 Å². The zero-order chi connectivity index (χ0) is 13.4. The number of carboxylic acid groups (broad SMARTS) is 1. The van der Waals surface area contributed by atoms with Crippen LogP contribution in [-0.4, -0.2) is 24.3 Å². The van der Waals surface area contributed by atoms with Crippen molar-refractivity contribution in [3.05, 3.63) is 22.7 Å². The Morgan fingerprint density at radius 2 is 2.11 bits per heavy atom. The van der Waals surface area contributed by atoms with Gasteiger partial charge in [-0.2, -0.15) is 0 Å². The minimum absolute atomic E-state index is 0.0270. The molecule has 0 aromatic heterocycles. The average Bonchev–Trinajstić information content (AvgIpc) is 3.21. The van der Waals surface area contributed by atoms with Crippen LogP contribution in [0.5, 0.6) is 11.5 Å². The predicted octanol–water partition coefficient (Wildman–Crippen LogP) is 3.08. The highest BCUT2D eigenvalue weighted by atomic mass is 35.5. The summed E-state index contributed by atoms with van der Waals surface area (Å²) in [4.78, 5) is 11.0. The molecule has 1 saturated carbocycles. The number of hydrogen-bond acceptors (Lipinski definition) is 3. The summed E-state index contributed by atoms with van der Waals surface area (Å²) in [6.45, 7) is 0.993. The fourth-order valence-electron chi connectivity index (χ4n) is 2.60. The van der Waals surface area contributed by atoms with E-state index in [1.165, 1.54) is 0 Å². The fourth-order valence-corrected chi connectivity index (χ4v) is 2.95. The van der Waals surface area contributed by atoms with Gasteiger partial charge in [0.05, 0.1) is 11.4 Å². The van der Waals surface area contributed by atoms with Gasteiger partial charge in [0, 0.05) is 0 Å². The molecule has 3 rings (SSSR count). The summed E-state index contributed by atoms with van der Waals surface area (Å²) < 4.78 is 11.0. The molecule has 0 bridgehead atoms. The van der Waals surface area contributed by atoms with Gasteiger partial charge < -0.3 is 14.6 Å². The van der Waals surface area contributed by atoms with Crippen LogP contribution >= 0.6 is 11.6 Å². The molecule has 4 nitrogen and oxygen atoms in total. The molecule has 1 unspecified atom stereocenters. The second-order valence-corrected chi connectivity index (χ2v) is 5.41. The molecule has 0 radical (unpaired) electrons. The van der Waals surface area contributed by atoms with E-state index in [9.17, 15) is 4.79 Å². The summed E-state index contributed by atoms with van der Waals surface area (Å²) >= 11 is 6.38. The van der Waals surface area contributed by atoms with Crippen molar-refractivity contribution in [1.82, 2.24) is 0 Å². The Bertz CT molecular complexity index is 510. The summed E-state index contributed by atoms with van der Waals surface area (Å²) in [6, 6.07) is 3.70. The topological polar surface area (TPSA) is 55.8 Å². The van der Waals surface area contributed by atoms with Crippen LogP contribution in [0.15, 0.2) is 12.1 Å². The first kappa shape index (κ1) is 12.6. The SMILES string of the molecule is O=C(O)CC(c1ccc2c(c1Cl)OCCO2)C1CC1. The summed E-state index contributed by atoms with van der Waals surface area (Å²) in [5, 5.41) is 9.56. The number of hydrogen-bond donors (Lipinski definition) is 1. The van der Waals surface area contributed by atoms with Crippen molar-refractivity contribution in [2.75, 3.05) is 13.2 Å². The number of halogens is 1. The van der Waals surface area contributed by atoms with Crippen LogP contribution in [0.4, 0.5) is 0 Å². The molecule has 0 saturated heterocycles. The highest BCUT2D eigenvalue weighted by molar-refractivity contribution is 6.33. The van der Waals surface area contributed by atoms with Gasteiger partial charge in [0.25, 0.3) is 0 Å². The zero-order valence-electron chi connectivity index (χ0n) is 10.4. The number of rotatable bonds is 4. The quantitative estimate of drug-likeness (QED) is 0.922. The minimum Gasteiger partial charge on any atom is -0.486 e. The lowest BCUT2D eigenvalue weighted by Gasteiger charge is -2.23. The van der Waals surface area contributed by atoms with Crippen molar-refractivity contribution in [1.29, 1.82) is 0 Å². The molecule has 1 fully saturated rings. The molecule has 1 aromatic rings. The van der Waals surface area contributed by atoms with Crippen molar-refractivity contribution >= 4 is 17.6 Å². The Kier molecular flexibility index (Phi) is 3.27. The van der Waals surface area contributed by atoms with Crippen LogP contribution in [0, 0.1) is 5.92 Å². The van der Waals surface area contributed by atoms with Crippen molar-refractivity contribution < 1.29 is 19.4 Å². The highest BCUT2D eigenvalue weighted by Crippen LogP contribution is 2.50. The minimum atomic E-state index is -0.789. The van der Waals surface area contributed by atoms with Gasteiger partial charge in [-0.3, -0.25) is 4.79 Å². The van der Waals surface area contributed by atoms with E-state index in [4.69, 9.17) is 26.2 Å². The molecule has 1 aliphatic carbocycles. The van der Waals surface area contributed by atoms with E-state index < -0.39 is 5.97 Å². The fraction of sp³-hybridized carbons (Fsp3) is 0.500. The van der Waals surface area contributed by atoms with Crippen LogP contribution in [0.1, 0.15) is 30.7 Å². The number of benzene rings is 1. The van der Waals surface area contributed by atoms with Crippen LogP contribution in [-0.2, 0) is 4.79 Å². The van der Waals surface area contributed by atoms with E-state index in [1.807, 2.05) is 12.1 Å². The van der Waals surface area contributed by atoms with Crippen LogP contribution in [0.3, 0.4) is 0 Å². The Morgan fingerprint density at radius 1 is 1.37 bits per heavy atom. The first-order valence-corrected chi connectivity index (χ1v) is 6.84. The largest absolute Gasteiger partial charge is 0.486 e. The zero-order valence-corrected chi connectivity index (χ0v) is 11.2. The third-order valence-electron chi connectivity index (χ3n) is 3.66. The summed E-state index contributed by atoms with van der Waals surface area (Å²) in [6.07, 6.45) is 2.26. The molecule has 1 atom stereocenters. The van der Waals surface area contributed by atoms with E-state index in [0.29, 0.717) is 35.7 Å². The van der Waals surface area contributed by atoms with E-state index in [0.717, 1.165) is 18.4 Å². The molecule has 2 aliphatic rings. The van der Waals surface area contributed by atoms with Gasteiger partial charge >= 0.3 is 5.97 Å². The molecule has 5 heteroatoms. The van der Waals surface area contributed by atoms with Crippen molar-refractivity contribution in [3.8, 4) is 11.5 Å². The number of carbonyl (C=O) groups is 1. The molecular weight excluding hydrogens is 268 g/mol. The lowest BCUT2D eigenvalue weighted by Crippen LogP contribution is -2.17. The molecule has 102 valence electrons. The van der Waals surface area contributed by atoms with E-state index in [1.54, 1.807) is 0 Å². The summed E-state index contributed by atoms with van der Waals surface area (Å²) in [7, 11) is 0.